The number of nitrogens with zero attached hydrogens (tertiary/aromatic N) is 2. The van der Waals surface area contributed by atoms with Gasteiger partial charge in [-0.1, -0.05) is 0 Å². The molecule has 0 aliphatic rings. The molecule has 1 N–H and O–H groups in total. The van der Waals surface area contributed by atoms with Crippen LogP contribution in [0.15, 0.2) is 42.7 Å². The van der Waals surface area contributed by atoms with Gasteiger partial charge in [-0.3, -0.25) is 9.59 Å². The van der Waals surface area contributed by atoms with Crippen LogP contribution in [0.25, 0.3) is 5.69 Å². The molecule has 2 aromatic rings. The Balaban J connectivity index is 2.11. The molecule has 0 aliphatic heterocycles. The number of amides is 2. The quantitative estimate of drug-likeness (QED) is 0.881. The molecule has 0 saturated carbocycles. The van der Waals surface area contributed by atoms with Gasteiger partial charge in [0.15, 0.2) is 0 Å². The minimum atomic E-state index is -0.404. The zero-order valence-electron chi connectivity index (χ0n) is 13.0. The summed E-state index contributed by atoms with van der Waals surface area (Å²) in [5.74, 6) is -1.08. The molecule has 1 aromatic heterocycles. The van der Waals surface area contributed by atoms with Crippen LogP contribution in [0.1, 0.15) is 0 Å². The monoisotopic (exact) mass is 319 g/mol. The molecule has 0 spiro atoms. The van der Waals surface area contributed by atoms with Gasteiger partial charge in [0, 0.05) is 26.6 Å². The van der Waals surface area contributed by atoms with Crippen LogP contribution in [0.3, 0.4) is 0 Å². The van der Waals surface area contributed by atoms with Crippen molar-refractivity contribution in [3.8, 4) is 5.69 Å². The third-order valence-electron chi connectivity index (χ3n) is 3.19. The number of methoxy groups -OCH3 is 1. The molecule has 23 heavy (non-hydrogen) atoms. The first kappa shape index (κ1) is 16.7. The molecule has 2 rings (SSSR count). The predicted molar refractivity (Wildman–Crippen MR) is 83.9 cm³/mol. The molecule has 0 unspecified atom stereocenters. The molecule has 6 nitrogen and oxygen atoms in total. The number of carbonyl (C=O) groups is 2. The number of aromatic nitrogens is 1. The minimum Gasteiger partial charge on any atom is -0.375 e. The fourth-order valence-electron chi connectivity index (χ4n) is 2.05. The van der Waals surface area contributed by atoms with Crippen molar-refractivity contribution in [3.63, 3.8) is 0 Å². The number of carbonyl (C=O) groups excluding carboxylic acids is 2. The highest BCUT2D eigenvalue weighted by Crippen LogP contribution is 2.21. The third kappa shape index (κ3) is 4.40. The van der Waals surface area contributed by atoms with E-state index < -0.39 is 5.82 Å². The van der Waals surface area contributed by atoms with Gasteiger partial charge in [-0.05, 0) is 30.3 Å². The van der Waals surface area contributed by atoms with Crippen molar-refractivity contribution in [2.45, 2.75) is 0 Å². The highest BCUT2D eigenvalue weighted by Gasteiger charge is 2.14. The summed E-state index contributed by atoms with van der Waals surface area (Å²) >= 11 is 0. The average molecular weight is 319 g/mol. The van der Waals surface area contributed by atoms with E-state index >= 15 is 0 Å². The largest absolute Gasteiger partial charge is 0.375 e. The standard InChI is InChI=1S/C16H18FN3O3/c1-19(16(22)11-23-2)10-15(21)18-13-6-5-12(17)9-14(13)20-7-3-4-8-20/h3-9H,10-11H2,1-2H3,(H,18,21). The molecule has 0 bridgehead atoms. The zero-order chi connectivity index (χ0) is 16.8. The number of hydrogen-bond donors (Lipinski definition) is 1. The Labute approximate surface area is 133 Å². The van der Waals surface area contributed by atoms with Crippen LogP contribution in [0.5, 0.6) is 0 Å². The Bertz CT molecular complexity index is 686. The smallest absolute Gasteiger partial charge is 0.248 e. The van der Waals surface area contributed by atoms with E-state index in [2.05, 4.69) is 5.32 Å². The molecule has 0 radical (unpaired) electrons. The summed E-state index contributed by atoms with van der Waals surface area (Å²) in [5, 5.41) is 2.69. The van der Waals surface area contributed by atoms with Crippen LogP contribution in [0.4, 0.5) is 10.1 Å². The fourth-order valence-corrected chi connectivity index (χ4v) is 2.05. The SMILES string of the molecule is COCC(=O)N(C)CC(=O)Nc1ccc(F)cc1-n1cccc1. The molecule has 122 valence electrons. The number of hydrogen-bond acceptors (Lipinski definition) is 3. The Morgan fingerprint density at radius 3 is 2.65 bits per heavy atom. The minimum absolute atomic E-state index is 0.0883. The summed E-state index contributed by atoms with van der Waals surface area (Å²) in [6.07, 6.45) is 3.50. The van der Waals surface area contributed by atoms with Crippen LogP contribution in [0.2, 0.25) is 0 Å². The maximum absolute atomic E-state index is 13.5. The van der Waals surface area contributed by atoms with E-state index in [0.717, 1.165) is 0 Å². The second-order valence-electron chi connectivity index (χ2n) is 4.98. The van der Waals surface area contributed by atoms with Gasteiger partial charge in [-0.2, -0.15) is 0 Å². The molecule has 0 saturated heterocycles. The lowest BCUT2D eigenvalue weighted by atomic mass is 10.2. The lowest BCUT2D eigenvalue weighted by Crippen LogP contribution is -2.36. The highest BCUT2D eigenvalue weighted by molar-refractivity contribution is 5.96. The van der Waals surface area contributed by atoms with Gasteiger partial charge in [-0.25, -0.2) is 4.39 Å². The van der Waals surface area contributed by atoms with E-state index in [1.54, 1.807) is 29.1 Å². The molecule has 0 aliphatic carbocycles. The van der Waals surface area contributed by atoms with Crippen LogP contribution >= 0.6 is 0 Å². The predicted octanol–water partition coefficient (Wildman–Crippen LogP) is 1.66. The van der Waals surface area contributed by atoms with E-state index in [1.807, 2.05) is 0 Å². The molecule has 1 heterocycles. The number of rotatable bonds is 6. The second kappa shape index (κ2) is 7.55. The summed E-state index contributed by atoms with van der Waals surface area (Å²) in [5.41, 5.74) is 0.967. The lowest BCUT2D eigenvalue weighted by Gasteiger charge is -2.17. The van der Waals surface area contributed by atoms with Gasteiger partial charge in [0.05, 0.1) is 17.9 Å². The summed E-state index contributed by atoms with van der Waals surface area (Å²) in [7, 11) is 2.92. The Morgan fingerprint density at radius 1 is 1.30 bits per heavy atom. The van der Waals surface area contributed by atoms with Crippen LogP contribution in [0, 0.1) is 5.82 Å². The van der Waals surface area contributed by atoms with Crippen molar-refractivity contribution < 1.29 is 18.7 Å². The first-order valence-corrected chi connectivity index (χ1v) is 6.97. The van der Waals surface area contributed by atoms with E-state index in [1.165, 1.54) is 37.3 Å². The first-order chi connectivity index (χ1) is 11.0. The van der Waals surface area contributed by atoms with Crippen molar-refractivity contribution >= 4 is 17.5 Å². The molecule has 0 atom stereocenters. The number of nitrogens with one attached hydrogen (secondary N) is 1. The van der Waals surface area contributed by atoms with E-state index in [9.17, 15) is 14.0 Å². The van der Waals surface area contributed by atoms with Crippen molar-refractivity contribution in [3.05, 3.63) is 48.5 Å². The number of halogens is 1. The van der Waals surface area contributed by atoms with Crippen molar-refractivity contribution in [2.24, 2.45) is 0 Å². The van der Waals surface area contributed by atoms with Gasteiger partial charge in [-0.15, -0.1) is 0 Å². The summed E-state index contributed by atoms with van der Waals surface area (Å²) in [6, 6.07) is 7.68. The summed E-state index contributed by atoms with van der Waals surface area (Å²) in [6.45, 7) is -0.209. The number of likely N-dealkylation sites (N-methyl/N-ethyl adjacent to an activating group) is 1. The van der Waals surface area contributed by atoms with Gasteiger partial charge < -0.3 is 19.5 Å². The van der Waals surface area contributed by atoms with Gasteiger partial charge in [0.25, 0.3) is 0 Å². The average Bonchev–Trinajstić information content (AvgIpc) is 3.03. The van der Waals surface area contributed by atoms with E-state index in [-0.39, 0.29) is 25.0 Å². The molecule has 2 amide bonds. The Hall–Kier alpha value is -2.67. The highest BCUT2D eigenvalue weighted by atomic mass is 19.1. The zero-order valence-corrected chi connectivity index (χ0v) is 13.0. The Morgan fingerprint density at radius 2 is 2.00 bits per heavy atom. The Kier molecular flexibility index (Phi) is 5.48. The van der Waals surface area contributed by atoms with Crippen molar-refractivity contribution in [1.82, 2.24) is 9.47 Å². The maximum atomic E-state index is 13.5. The summed E-state index contributed by atoms with van der Waals surface area (Å²) in [4.78, 5) is 24.9. The topological polar surface area (TPSA) is 63.6 Å². The van der Waals surface area contributed by atoms with Gasteiger partial charge in [0.2, 0.25) is 11.8 Å². The van der Waals surface area contributed by atoms with Crippen molar-refractivity contribution in [1.29, 1.82) is 0 Å². The molecule has 7 heteroatoms. The molecule has 1 aromatic carbocycles. The number of benzene rings is 1. The third-order valence-corrected chi connectivity index (χ3v) is 3.19. The van der Waals surface area contributed by atoms with E-state index in [4.69, 9.17) is 4.74 Å². The van der Waals surface area contributed by atoms with Gasteiger partial charge >= 0.3 is 0 Å². The normalized spacial score (nSPS) is 10.4. The molecular formula is C16H18FN3O3. The number of anilines is 1. The van der Waals surface area contributed by atoms with Crippen LogP contribution in [-0.4, -0.2) is 48.6 Å². The number of ether oxygens (including phenoxy) is 1. The van der Waals surface area contributed by atoms with Crippen molar-refractivity contribution in [2.75, 3.05) is 32.6 Å². The lowest BCUT2D eigenvalue weighted by molar-refractivity contribution is -0.136. The second-order valence-corrected chi connectivity index (χ2v) is 4.98. The molecule has 0 fully saturated rings. The maximum Gasteiger partial charge on any atom is 0.248 e. The fraction of sp³-hybridized carbons (Fsp3) is 0.250. The van der Waals surface area contributed by atoms with E-state index in [0.29, 0.717) is 11.4 Å². The van der Waals surface area contributed by atoms with Crippen LogP contribution in [-0.2, 0) is 14.3 Å². The summed E-state index contributed by atoms with van der Waals surface area (Å²) < 4.78 is 19.9. The van der Waals surface area contributed by atoms with Gasteiger partial charge in [0.1, 0.15) is 12.4 Å². The van der Waals surface area contributed by atoms with Crippen LogP contribution < -0.4 is 5.32 Å². The molecular weight excluding hydrogens is 301 g/mol. The first-order valence-electron chi connectivity index (χ1n) is 6.97.